The highest BCUT2D eigenvalue weighted by atomic mass is 32.2. The van der Waals surface area contributed by atoms with Gasteiger partial charge in [-0.15, -0.1) is 0 Å². The number of sulfonamides is 1. The summed E-state index contributed by atoms with van der Waals surface area (Å²) < 4.78 is 30.0. The number of nitrogens with one attached hydrogen (secondary N) is 1. The van der Waals surface area contributed by atoms with Crippen LogP contribution in [0.15, 0.2) is 4.52 Å². The Bertz CT molecular complexity index is 415. The highest BCUT2D eigenvalue weighted by Crippen LogP contribution is 1.96. The van der Waals surface area contributed by atoms with Gasteiger partial charge in [0.2, 0.25) is 15.9 Å². The average molecular weight is 248 g/mol. The molecular formula is C8H16N4O3S. The first-order chi connectivity index (χ1) is 7.53. The lowest BCUT2D eigenvalue weighted by atomic mass is 10.4. The summed E-state index contributed by atoms with van der Waals surface area (Å²) in [5, 5.41) is 3.60. The number of hydrogen-bond acceptors (Lipinski definition) is 6. The summed E-state index contributed by atoms with van der Waals surface area (Å²) in [5.74, 6) is 1.02. The van der Waals surface area contributed by atoms with Crippen molar-refractivity contribution < 1.29 is 12.9 Å². The van der Waals surface area contributed by atoms with Crippen LogP contribution in [0.2, 0.25) is 0 Å². The zero-order valence-corrected chi connectivity index (χ0v) is 9.96. The van der Waals surface area contributed by atoms with Crippen molar-refractivity contribution >= 4 is 10.0 Å². The summed E-state index contributed by atoms with van der Waals surface area (Å²) in [7, 11) is -3.23. The SMILES string of the molecule is Cc1noc(CCNS(=O)(=O)CCCN)n1. The Kier molecular flexibility index (Phi) is 4.84. The molecule has 0 spiro atoms. The van der Waals surface area contributed by atoms with Crippen molar-refractivity contribution in [3.8, 4) is 0 Å². The number of nitrogens with zero attached hydrogens (tertiary/aromatic N) is 2. The lowest BCUT2D eigenvalue weighted by Crippen LogP contribution is -2.29. The molecule has 1 heterocycles. The molecule has 0 fully saturated rings. The van der Waals surface area contributed by atoms with E-state index >= 15 is 0 Å². The van der Waals surface area contributed by atoms with E-state index in [0.29, 0.717) is 31.1 Å². The molecule has 0 saturated heterocycles. The Labute approximate surface area is 94.5 Å². The van der Waals surface area contributed by atoms with Crippen LogP contribution in [0.5, 0.6) is 0 Å². The lowest BCUT2D eigenvalue weighted by molar-refractivity contribution is 0.375. The maximum absolute atomic E-state index is 11.4. The van der Waals surface area contributed by atoms with Gasteiger partial charge < -0.3 is 10.3 Å². The van der Waals surface area contributed by atoms with Gasteiger partial charge in [-0.05, 0) is 19.9 Å². The standard InChI is InChI=1S/C8H16N4O3S/c1-7-11-8(15-12-7)3-5-10-16(13,14)6-2-4-9/h10H,2-6,9H2,1H3. The van der Waals surface area contributed by atoms with Gasteiger partial charge in [-0.3, -0.25) is 0 Å². The van der Waals surface area contributed by atoms with E-state index in [2.05, 4.69) is 14.9 Å². The Morgan fingerprint density at radius 3 is 2.81 bits per heavy atom. The maximum Gasteiger partial charge on any atom is 0.227 e. The number of aryl methyl sites for hydroxylation is 1. The van der Waals surface area contributed by atoms with E-state index in [9.17, 15) is 8.42 Å². The second-order valence-corrected chi connectivity index (χ2v) is 5.27. The summed E-state index contributed by atoms with van der Waals surface area (Å²) in [6, 6.07) is 0. The summed E-state index contributed by atoms with van der Waals surface area (Å²) in [6.07, 6.45) is 0.845. The molecule has 0 aliphatic rings. The smallest absolute Gasteiger partial charge is 0.227 e. The summed E-state index contributed by atoms with van der Waals surface area (Å²) in [4.78, 5) is 3.96. The van der Waals surface area contributed by atoms with Gasteiger partial charge in [-0.1, -0.05) is 5.16 Å². The fraction of sp³-hybridized carbons (Fsp3) is 0.750. The summed E-state index contributed by atoms with van der Waals surface area (Å²) in [5.41, 5.74) is 5.23. The molecule has 1 rings (SSSR count). The van der Waals surface area contributed by atoms with Crippen molar-refractivity contribution in [2.45, 2.75) is 19.8 Å². The van der Waals surface area contributed by atoms with Crippen molar-refractivity contribution in [2.75, 3.05) is 18.8 Å². The van der Waals surface area contributed by atoms with Gasteiger partial charge >= 0.3 is 0 Å². The molecule has 16 heavy (non-hydrogen) atoms. The van der Waals surface area contributed by atoms with Crippen LogP contribution >= 0.6 is 0 Å². The van der Waals surface area contributed by atoms with Crippen LogP contribution in [0.4, 0.5) is 0 Å². The Morgan fingerprint density at radius 1 is 1.50 bits per heavy atom. The molecule has 0 aliphatic heterocycles. The van der Waals surface area contributed by atoms with Crippen molar-refractivity contribution in [1.82, 2.24) is 14.9 Å². The maximum atomic E-state index is 11.4. The first kappa shape index (κ1) is 13.1. The van der Waals surface area contributed by atoms with Crippen LogP contribution in [0, 0.1) is 6.92 Å². The van der Waals surface area contributed by atoms with Crippen molar-refractivity contribution in [1.29, 1.82) is 0 Å². The predicted octanol–water partition coefficient (Wildman–Crippen LogP) is -0.811. The molecule has 1 aromatic rings. The van der Waals surface area contributed by atoms with E-state index in [1.54, 1.807) is 6.92 Å². The first-order valence-corrected chi connectivity index (χ1v) is 6.65. The topological polar surface area (TPSA) is 111 Å². The number of nitrogens with two attached hydrogens (primary N) is 1. The van der Waals surface area contributed by atoms with E-state index < -0.39 is 10.0 Å². The van der Waals surface area contributed by atoms with Gasteiger partial charge in [-0.2, -0.15) is 4.98 Å². The second-order valence-electron chi connectivity index (χ2n) is 3.34. The average Bonchev–Trinajstić information content (AvgIpc) is 2.61. The monoisotopic (exact) mass is 248 g/mol. The molecule has 0 unspecified atom stereocenters. The summed E-state index contributed by atoms with van der Waals surface area (Å²) in [6.45, 7) is 2.33. The summed E-state index contributed by atoms with van der Waals surface area (Å²) >= 11 is 0. The Morgan fingerprint density at radius 2 is 2.25 bits per heavy atom. The molecule has 0 saturated carbocycles. The van der Waals surface area contributed by atoms with Crippen molar-refractivity contribution in [3.63, 3.8) is 0 Å². The molecule has 92 valence electrons. The van der Waals surface area contributed by atoms with E-state index in [-0.39, 0.29) is 12.3 Å². The lowest BCUT2D eigenvalue weighted by Gasteiger charge is -2.03. The molecule has 0 aromatic carbocycles. The van der Waals surface area contributed by atoms with Crippen LogP contribution < -0.4 is 10.5 Å². The van der Waals surface area contributed by atoms with Gasteiger partial charge in [0.25, 0.3) is 0 Å². The number of rotatable bonds is 7. The van der Waals surface area contributed by atoms with Gasteiger partial charge in [0.1, 0.15) is 0 Å². The quantitative estimate of drug-likeness (QED) is 0.652. The Balaban J connectivity index is 2.29. The van der Waals surface area contributed by atoms with Crippen LogP contribution in [-0.4, -0.2) is 37.4 Å². The molecule has 1 aromatic heterocycles. The third kappa shape index (κ3) is 4.69. The molecule has 0 aliphatic carbocycles. The van der Waals surface area contributed by atoms with Gasteiger partial charge in [0.15, 0.2) is 5.82 Å². The van der Waals surface area contributed by atoms with Crippen LogP contribution in [0.1, 0.15) is 18.1 Å². The van der Waals surface area contributed by atoms with Gasteiger partial charge in [-0.25, -0.2) is 13.1 Å². The highest BCUT2D eigenvalue weighted by Gasteiger charge is 2.09. The second kappa shape index (κ2) is 5.92. The van der Waals surface area contributed by atoms with Crippen LogP contribution in [0.3, 0.4) is 0 Å². The van der Waals surface area contributed by atoms with E-state index in [0.717, 1.165) is 0 Å². The molecular weight excluding hydrogens is 232 g/mol. The third-order valence-electron chi connectivity index (χ3n) is 1.85. The molecule has 0 radical (unpaired) electrons. The van der Waals surface area contributed by atoms with Crippen LogP contribution in [0.25, 0.3) is 0 Å². The highest BCUT2D eigenvalue weighted by molar-refractivity contribution is 7.89. The molecule has 0 bridgehead atoms. The number of hydrogen-bond donors (Lipinski definition) is 2. The Hall–Kier alpha value is -0.990. The van der Waals surface area contributed by atoms with Gasteiger partial charge in [0.05, 0.1) is 5.75 Å². The van der Waals surface area contributed by atoms with Crippen LogP contribution in [-0.2, 0) is 16.4 Å². The fourth-order valence-corrected chi connectivity index (χ4v) is 2.20. The zero-order valence-electron chi connectivity index (χ0n) is 9.14. The first-order valence-electron chi connectivity index (χ1n) is 5.00. The third-order valence-corrected chi connectivity index (χ3v) is 3.32. The minimum atomic E-state index is -3.23. The molecule has 0 amide bonds. The van der Waals surface area contributed by atoms with Gasteiger partial charge in [0, 0.05) is 13.0 Å². The normalized spacial score (nSPS) is 11.9. The van der Waals surface area contributed by atoms with E-state index in [4.69, 9.17) is 10.3 Å². The number of aromatic nitrogens is 2. The molecule has 3 N–H and O–H groups in total. The largest absolute Gasteiger partial charge is 0.339 e. The zero-order chi connectivity index (χ0) is 12.0. The van der Waals surface area contributed by atoms with E-state index in [1.807, 2.05) is 0 Å². The van der Waals surface area contributed by atoms with E-state index in [1.165, 1.54) is 0 Å². The minimum absolute atomic E-state index is 0.0480. The van der Waals surface area contributed by atoms with Crippen molar-refractivity contribution in [3.05, 3.63) is 11.7 Å². The van der Waals surface area contributed by atoms with Crippen molar-refractivity contribution in [2.24, 2.45) is 5.73 Å². The predicted molar refractivity (Wildman–Crippen MR) is 58.2 cm³/mol. The molecule has 0 atom stereocenters. The minimum Gasteiger partial charge on any atom is -0.339 e. The fourth-order valence-electron chi connectivity index (χ4n) is 1.10. The molecule has 7 nitrogen and oxygen atoms in total. The molecule has 8 heteroatoms.